The SMILES string of the molecule is OC1(c2ccc(C(F)(F)F)cc2)CCN(CCC2OCCC3=C2CCC=C3)CC1. The van der Waals surface area contributed by atoms with E-state index in [0.717, 1.165) is 64.1 Å². The van der Waals surface area contributed by atoms with Gasteiger partial charge in [0.15, 0.2) is 0 Å². The zero-order chi connectivity index (χ0) is 20.5. The number of alkyl halides is 3. The van der Waals surface area contributed by atoms with Crippen molar-refractivity contribution in [1.29, 1.82) is 0 Å². The van der Waals surface area contributed by atoms with Gasteiger partial charge in [0.1, 0.15) is 0 Å². The van der Waals surface area contributed by atoms with Crippen LogP contribution in [0.1, 0.15) is 49.7 Å². The third-order valence-corrected chi connectivity index (χ3v) is 6.53. The van der Waals surface area contributed by atoms with E-state index in [0.29, 0.717) is 18.4 Å². The number of nitrogens with zero attached hydrogens (tertiary/aromatic N) is 1. The highest BCUT2D eigenvalue weighted by molar-refractivity contribution is 5.33. The first-order valence-corrected chi connectivity index (χ1v) is 10.5. The van der Waals surface area contributed by atoms with Crippen LogP contribution in [0, 0.1) is 0 Å². The third kappa shape index (κ3) is 4.60. The predicted molar refractivity (Wildman–Crippen MR) is 105 cm³/mol. The van der Waals surface area contributed by atoms with Crippen LogP contribution in [0.4, 0.5) is 13.2 Å². The molecule has 1 atom stereocenters. The number of piperidine rings is 1. The summed E-state index contributed by atoms with van der Waals surface area (Å²) in [5.41, 5.74) is 1.75. The molecule has 0 spiro atoms. The molecular weight excluding hydrogens is 379 g/mol. The Bertz CT molecular complexity index is 774. The van der Waals surface area contributed by atoms with E-state index in [1.807, 2.05) is 0 Å². The molecule has 1 fully saturated rings. The Morgan fingerprint density at radius 1 is 1.10 bits per heavy atom. The van der Waals surface area contributed by atoms with Crippen molar-refractivity contribution in [2.24, 2.45) is 0 Å². The summed E-state index contributed by atoms with van der Waals surface area (Å²) in [4.78, 5) is 2.33. The predicted octanol–water partition coefficient (Wildman–Crippen LogP) is 4.81. The van der Waals surface area contributed by atoms with Crippen molar-refractivity contribution in [2.75, 3.05) is 26.2 Å². The summed E-state index contributed by atoms with van der Waals surface area (Å²) in [5.74, 6) is 0. The van der Waals surface area contributed by atoms with Gasteiger partial charge in [-0.2, -0.15) is 13.2 Å². The summed E-state index contributed by atoms with van der Waals surface area (Å²) < 4.78 is 44.3. The number of hydrogen-bond acceptors (Lipinski definition) is 3. The van der Waals surface area contributed by atoms with Crippen molar-refractivity contribution in [2.45, 2.75) is 56.4 Å². The fraction of sp³-hybridized carbons (Fsp3) is 0.565. The van der Waals surface area contributed by atoms with Gasteiger partial charge in [0, 0.05) is 19.6 Å². The van der Waals surface area contributed by atoms with Gasteiger partial charge in [-0.05, 0) is 67.4 Å². The minimum absolute atomic E-state index is 0.194. The number of allylic oxidation sites excluding steroid dienone is 2. The quantitative estimate of drug-likeness (QED) is 0.777. The van der Waals surface area contributed by atoms with Crippen molar-refractivity contribution < 1.29 is 23.0 Å². The fourth-order valence-corrected chi connectivity index (χ4v) is 4.72. The second-order valence-electron chi connectivity index (χ2n) is 8.34. The van der Waals surface area contributed by atoms with Crippen LogP contribution in [0.2, 0.25) is 0 Å². The molecule has 2 aliphatic heterocycles. The lowest BCUT2D eigenvalue weighted by Gasteiger charge is -2.39. The van der Waals surface area contributed by atoms with E-state index in [-0.39, 0.29) is 6.10 Å². The Morgan fingerprint density at radius 3 is 2.52 bits per heavy atom. The Kier molecular flexibility index (Phi) is 5.87. The van der Waals surface area contributed by atoms with Crippen molar-refractivity contribution in [3.05, 3.63) is 58.7 Å². The van der Waals surface area contributed by atoms with Crippen molar-refractivity contribution >= 4 is 0 Å². The van der Waals surface area contributed by atoms with E-state index in [2.05, 4.69) is 17.1 Å². The van der Waals surface area contributed by atoms with Crippen LogP contribution in [0.15, 0.2) is 47.6 Å². The van der Waals surface area contributed by atoms with Crippen LogP contribution in [0.5, 0.6) is 0 Å². The topological polar surface area (TPSA) is 32.7 Å². The number of aliphatic hydroxyl groups is 1. The smallest absolute Gasteiger partial charge is 0.385 e. The van der Waals surface area contributed by atoms with E-state index in [9.17, 15) is 18.3 Å². The van der Waals surface area contributed by atoms with Crippen LogP contribution < -0.4 is 0 Å². The lowest BCUT2D eigenvalue weighted by molar-refractivity contribution is -0.137. The molecule has 29 heavy (non-hydrogen) atoms. The number of benzene rings is 1. The van der Waals surface area contributed by atoms with Gasteiger partial charge in [-0.15, -0.1) is 0 Å². The molecule has 0 saturated carbocycles. The first-order chi connectivity index (χ1) is 13.9. The molecule has 0 radical (unpaired) electrons. The van der Waals surface area contributed by atoms with E-state index in [1.54, 1.807) is 0 Å². The van der Waals surface area contributed by atoms with Gasteiger partial charge < -0.3 is 14.7 Å². The standard InChI is InChI=1S/C23H28F3NO2/c24-23(25,26)19-7-5-18(6-8-19)22(28)11-14-27(15-12-22)13-9-21-20-4-2-1-3-17(20)10-16-29-21/h1,3,5-8,21,28H,2,4,9-16H2. The van der Waals surface area contributed by atoms with Gasteiger partial charge in [0.25, 0.3) is 0 Å². The first kappa shape index (κ1) is 20.6. The molecule has 3 nitrogen and oxygen atoms in total. The molecule has 0 amide bonds. The minimum Gasteiger partial charge on any atom is -0.385 e. The molecule has 0 aromatic heterocycles. The van der Waals surface area contributed by atoms with Gasteiger partial charge in [-0.3, -0.25) is 0 Å². The summed E-state index contributed by atoms with van der Waals surface area (Å²) in [6.07, 6.45) is 5.52. The number of halogens is 3. The summed E-state index contributed by atoms with van der Waals surface area (Å²) >= 11 is 0. The molecule has 1 aromatic rings. The Morgan fingerprint density at radius 2 is 1.83 bits per heavy atom. The zero-order valence-electron chi connectivity index (χ0n) is 16.5. The lowest BCUT2D eigenvalue weighted by atomic mass is 9.84. The van der Waals surface area contributed by atoms with Gasteiger partial charge in [-0.1, -0.05) is 24.3 Å². The van der Waals surface area contributed by atoms with Crippen LogP contribution in [-0.4, -0.2) is 42.4 Å². The number of hydrogen-bond donors (Lipinski definition) is 1. The van der Waals surface area contributed by atoms with Crippen molar-refractivity contribution in [3.63, 3.8) is 0 Å². The van der Waals surface area contributed by atoms with Crippen molar-refractivity contribution in [3.8, 4) is 0 Å². The summed E-state index contributed by atoms with van der Waals surface area (Å²) in [7, 11) is 0. The fourth-order valence-electron chi connectivity index (χ4n) is 4.72. The average molecular weight is 407 g/mol. The molecule has 0 bridgehead atoms. The molecule has 1 unspecified atom stereocenters. The first-order valence-electron chi connectivity index (χ1n) is 10.5. The summed E-state index contributed by atoms with van der Waals surface area (Å²) in [5, 5.41) is 11.0. The Hall–Kier alpha value is -1.63. The zero-order valence-corrected chi connectivity index (χ0v) is 16.5. The third-order valence-electron chi connectivity index (χ3n) is 6.53. The monoisotopic (exact) mass is 407 g/mol. The molecule has 4 rings (SSSR count). The molecular formula is C23H28F3NO2. The Labute approximate surface area is 169 Å². The van der Waals surface area contributed by atoms with Gasteiger partial charge in [0.2, 0.25) is 0 Å². The molecule has 1 N–H and O–H groups in total. The normalized spacial score (nSPS) is 25.2. The highest BCUT2D eigenvalue weighted by Gasteiger charge is 2.36. The van der Waals surface area contributed by atoms with E-state index >= 15 is 0 Å². The minimum atomic E-state index is -4.35. The highest BCUT2D eigenvalue weighted by atomic mass is 19.4. The number of rotatable bonds is 4. The van der Waals surface area contributed by atoms with Gasteiger partial charge in [-0.25, -0.2) is 0 Å². The van der Waals surface area contributed by atoms with E-state index in [1.165, 1.54) is 23.3 Å². The molecule has 3 aliphatic rings. The van der Waals surface area contributed by atoms with E-state index in [4.69, 9.17) is 4.74 Å². The average Bonchev–Trinajstić information content (AvgIpc) is 2.73. The lowest BCUT2D eigenvalue weighted by Crippen LogP contribution is -2.43. The van der Waals surface area contributed by atoms with Crippen LogP contribution in [-0.2, 0) is 16.5 Å². The van der Waals surface area contributed by atoms with Gasteiger partial charge in [0.05, 0.1) is 23.9 Å². The largest absolute Gasteiger partial charge is 0.416 e. The van der Waals surface area contributed by atoms with Crippen molar-refractivity contribution in [1.82, 2.24) is 4.90 Å². The maximum Gasteiger partial charge on any atom is 0.416 e. The molecule has 6 heteroatoms. The molecule has 158 valence electrons. The second kappa shape index (κ2) is 8.25. The van der Waals surface area contributed by atoms with E-state index < -0.39 is 17.3 Å². The van der Waals surface area contributed by atoms with Gasteiger partial charge >= 0.3 is 6.18 Å². The molecule has 1 saturated heterocycles. The Balaban J connectivity index is 1.32. The summed E-state index contributed by atoms with van der Waals surface area (Å²) in [6.45, 7) is 3.15. The second-order valence-corrected chi connectivity index (χ2v) is 8.34. The molecule has 2 heterocycles. The van der Waals surface area contributed by atoms with Crippen LogP contribution in [0.3, 0.4) is 0 Å². The number of ether oxygens (including phenoxy) is 1. The van der Waals surface area contributed by atoms with Crippen LogP contribution >= 0.6 is 0 Å². The summed E-state index contributed by atoms with van der Waals surface area (Å²) in [6, 6.07) is 4.95. The van der Waals surface area contributed by atoms with Crippen LogP contribution in [0.25, 0.3) is 0 Å². The maximum atomic E-state index is 12.8. The molecule has 1 aliphatic carbocycles. The highest BCUT2D eigenvalue weighted by Crippen LogP contribution is 2.36. The molecule has 1 aromatic carbocycles. The maximum absolute atomic E-state index is 12.8. The number of likely N-dealkylation sites (tertiary alicyclic amines) is 1.